The zero-order valence-corrected chi connectivity index (χ0v) is 15.9. The molecule has 0 saturated heterocycles. The summed E-state index contributed by atoms with van der Waals surface area (Å²) in [6.07, 6.45) is 0.270. The minimum Gasteiger partial charge on any atom is -0.326 e. The quantitative estimate of drug-likeness (QED) is 0.881. The van der Waals surface area contributed by atoms with Crippen LogP contribution in [-0.4, -0.2) is 14.3 Å². The second kappa shape index (κ2) is 5.88. The number of anilines is 2. The molecule has 0 fully saturated rings. The second-order valence-corrected chi connectivity index (χ2v) is 8.28. The summed E-state index contributed by atoms with van der Waals surface area (Å²) in [5.41, 5.74) is 6.65. The third kappa shape index (κ3) is 2.91. The first-order valence-electron chi connectivity index (χ1n) is 8.14. The van der Waals surface area contributed by atoms with Crippen LogP contribution >= 0.6 is 0 Å². The van der Waals surface area contributed by atoms with Gasteiger partial charge < -0.3 is 5.32 Å². The Balaban J connectivity index is 2.05. The van der Waals surface area contributed by atoms with Gasteiger partial charge in [0.1, 0.15) is 0 Å². The predicted molar refractivity (Wildman–Crippen MR) is 99.7 cm³/mol. The number of amides is 1. The van der Waals surface area contributed by atoms with E-state index >= 15 is 0 Å². The van der Waals surface area contributed by atoms with E-state index in [0.29, 0.717) is 10.6 Å². The third-order valence-electron chi connectivity index (χ3n) is 5.18. The fraction of sp³-hybridized carbons (Fsp3) is 0.316. The molecule has 25 heavy (non-hydrogen) atoms. The van der Waals surface area contributed by atoms with Crippen molar-refractivity contribution >= 4 is 27.3 Å². The monoisotopic (exact) mass is 358 g/mol. The zero-order chi connectivity index (χ0) is 18.5. The van der Waals surface area contributed by atoms with Crippen molar-refractivity contribution in [1.82, 2.24) is 0 Å². The molecule has 1 aliphatic heterocycles. The highest BCUT2D eigenvalue weighted by molar-refractivity contribution is 7.92. The van der Waals surface area contributed by atoms with Crippen LogP contribution in [0.15, 0.2) is 23.1 Å². The average Bonchev–Trinajstić information content (AvgIpc) is 2.89. The van der Waals surface area contributed by atoms with E-state index in [1.165, 1.54) is 0 Å². The van der Waals surface area contributed by atoms with Crippen molar-refractivity contribution < 1.29 is 13.2 Å². The van der Waals surface area contributed by atoms with Crippen LogP contribution in [0.1, 0.15) is 33.4 Å². The highest BCUT2D eigenvalue weighted by atomic mass is 32.2. The number of hydrogen-bond acceptors (Lipinski definition) is 3. The Morgan fingerprint density at radius 1 is 0.920 bits per heavy atom. The van der Waals surface area contributed by atoms with Crippen molar-refractivity contribution in [1.29, 1.82) is 0 Å². The maximum absolute atomic E-state index is 13.0. The Kier molecular flexibility index (Phi) is 4.11. The summed E-state index contributed by atoms with van der Waals surface area (Å²) in [5, 5.41) is 2.74. The first-order valence-corrected chi connectivity index (χ1v) is 9.62. The highest BCUT2D eigenvalue weighted by Gasteiger charge is 2.25. The van der Waals surface area contributed by atoms with Crippen LogP contribution in [0.25, 0.3) is 0 Å². The van der Waals surface area contributed by atoms with E-state index in [4.69, 9.17) is 0 Å². The van der Waals surface area contributed by atoms with E-state index in [-0.39, 0.29) is 12.3 Å². The van der Waals surface area contributed by atoms with Gasteiger partial charge in [-0.3, -0.25) is 9.52 Å². The van der Waals surface area contributed by atoms with E-state index < -0.39 is 10.0 Å². The van der Waals surface area contributed by atoms with Gasteiger partial charge in [-0.1, -0.05) is 0 Å². The van der Waals surface area contributed by atoms with Crippen LogP contribution in [0, 0.1) is 34.6 Å². The number of nitrogens with one attached hydrogen (secondary N) is 2. The van der Waals surface area contributed by atoms with Crippen molar-refractivity contribution in [2.45, 2.75) is 45.9 Å². The van der Waals surface area contributed by atoms with Gasteiger partial charge in [0.15, 0.2) is 0 Å². The second-order valence-electron chi connectivity index (χ2n) is 6.66. The normalized spacial score (nSPS) is 13.6. The summed E-state index contributed by atoms with van der Waals surface area (Å²) in [4.78, 5) is 11.8. The molecule has 0 aliphatic carbocycles. The van der Waals surface area contributed by atoms with Gasteiger partial charge in [-0.15, -0.1) is 0 Å². The van der Waals surface area contributed by atoms with E-state index in [1.54, 1.807) is 18.2 Å². The Bertz CT molecular complexity index is 979. The molecule has 0 saturated carbocycles. The van der Waals surface area contributed by atoms with Crippen molar-refractivity contribution in [2.75, 3.05) is 10.0 Å². The van der Waals surface area contributed by atoms with Crippen LogP contribution in [-0.2, 0) is 21.2 Å². The van der Waals surface area contributed by atoms with Crippen molar-refractivity contribution in [3.63, 3.8) is 0 Å². The van der Waals surface area contributed by atoms with Crippen LogP contribution in [0.4, 0.5) is 11.4 Å². The molecule has 0 atom stereocenters. The first-order chi connectivity index (χ1) is 11.6. The molecule has 1 amide bonds. The summed E-state index contributed by atoms with van der Waals surface area (Å²) < 4.78 is 28.7. The van der Waals surface area contributed by atoms with Gasteiger partial charge >= 0.3 is 0 Å². The van der Waals surface area contributed by atoms with Crippen molar-refractivity contribution in [2.24, 2.45) is 0 Å². The fourth-order valence-corrected chi connectivity index (χ4v) is 5.02. The van der Waals surface area contributed by atoms with Crippen molar-refractivity contribution in [3.8, 4) is 0 Å². The summed E-state index contributed by atoms with van der Waals surface area (Å²) in [7, 11) is -3.72. The topological polar surface area (TPSA) is 75.3 Å². The van der Waals surface area contributed by atoms with Crippen LogP contribution in [0.5, 0.6) is 0 Å². The standard InChI is InChI=1S/C19H22N2O3S/c1-10-11(2)13(4)19(14(5)12(10)3)25(23,24)21-16-6-7-17-15(8-16)9-18(22)20-17/h6-8,21H,9H2,1-5H3,(H,20,22). The molecular weight excluding hydrogens is 336 g/mol. The molecule has 2 N–H and O–H groups in total. The molecule has 0 aromatic heterocycles. The number of carbonyl (C=O) groups excluding carboxylic acids is 1. The first kappa shape index (κ1) is 17.5. The number of benzene rings is 2. The SMILES string of the molecule is Cc1c(C)c(C)c(S(=O)(=O)Nc2ccc3c(c2)CC(=O)N3)c(C)c1C. The van der Waals surface area contributed by atoms with Gasteiger partial charge in [0, 0.05) is 11.4 Å². The lowest BCUT2D eigenvalue weighted by molar-refractivity contribution is -0.115. The highest BCUT2D eigenvalue weighted by Crippen LogP contribution is 2.32. The molecule has 3 rings (SSSR count). The molecule has 1 aliphatic rings. The lowest BCUT2D eigenvalue weighted by atomic mass is 9.95. The summed E-state index contributed by atoms with van der Waals surface area (Å²) in [6.45, 7) is 9.59. The summed E-state index contributed by atoms with van der Waals surface area (Å²) in [5.74, 6) is -0.0773. The molecule has 0 spiro atoms. The van der Waals surface area contributed by atoms with Crippen LogP contribution in [0.2, 0.25) is 0 Å². The van der Waals surface area contributed by atoms with E-state index in [2.05, 4.69) is 10.0 Å². The van der Waals surface area contributed by atoms with E-state index in [0.717, 1.165) is 39.1 Å². The van der Waals surface area contributed by atoms with Gasteiger partial charge in [0.2, 0.25) is 5.91 Å². The maximum atomic E-state index is 13.0. The molecule has 2 aromatic rings. The Hall–Kier alpha value is -2.34. The van der Waals surface area contributed by atoms with Gasteiger partial charge in [0.05, 0.1) is 11.3 Å². The molecule has 0 unspecified atom stereocenters. The largest absolute Gasteiger partial charge is 0.326 e. The van der Waals surface area contributed by atoms with E-state index in [1.807, 2.05) is 34.6 Å². The van der Waals surface area contributed by atoms with Gasteiger partial charge in [-0.05, 0) is 86.2 Å². The molecule has 1 heterocycles. The van der Waals surface area contributed by atoms with Gasteiger partial charge in [0.25, 0.3) is 10.0 Å². The minimum absolute atomic E-state index is 0.0773. The van der Waals surface area contributed by atoms with Crippen molar-refractivity contribution in [3.05, 3.63) is 51.6 Å². The molecule has 132 valence electrons. The lowest BCUT2D eigenvalue weighted by Gasteiger charge is -2.19. The Morgan fingerprint density at radius 2 is 1.48 bits per heavy atom. The number of sulfonamides is 1. The molecule has 0 bridgehead atoms. The predicted octanol–water partition coefficient (Wildman–Crippen LogP) is 3.52. The molecule has 5 nitrogen and oxygen atoms in total. The Labute approximate surface area is 148 Å². The lowest BCUT2D eigenvalue weighted by Crippen LogP contribution is -2.17. The number of rotatable bonds is 3. The molecule has 6 heteroatoms. The third-order valence-corrected chi connectivity index (χ3v) is 6.84. The molecule has 2 aromatic carbocycles. The molecule has 0 radical (unpaired) electrons. The average molecular weight is 358 g/mol. The van der Waals surface area contributed by atoms with Gasteiger partial charge in [-0.25, -0.2) is 8.42 Å². The number of hydrogen-bond donors (Lipinski definition) is 2. The molecular formula is C19H22N2O3S. The zero-order valence-electron chi connectivity index (χ0n) is 15.1. The number of fused-ring (bicyclic) bond motifs is 1. The minimum atomic E-state index is -3.72. The Morgan fingerprint density at radius 3 is 2.08 bits per heavy atom. The summed E-state index contributed by atoms with van der Waals surface area (Å²) in [6, 6.07) is 5.10. The summed E-state index contributed by atoms with van der Waals surface area (Å²) >= 11 is 0. The van der Waals surface area contributed by atoms with Crippen LogP contribution in [0.3, 0.4) is 0 Å². The van der Waals surface area contributed by atoms with E-state index in [9.17, 15) is 13.2 Å². The number of carbonyl (C=O) groups is 1. The maximum Gasteiger partial charge on any atom is 0.262 e. The fourth-order valence-electron chi connectivity index (χ4n) is 3.37. The van der Waals surface area contributed by atoms with Gasteiger partial charge in [-0.2, -0.15) is 0 Å². The smallest absolute Gasteiger partial charge is 0.262 e. The van der Waals surface area contributed by atoms with Crippen LogP contribution < -0.4 is 10.0 Å².